The van der Waals surface area contributed by atoms with Gasteiger partial charge in [0.2, 0.25) is 0 Å². The number of nitrogens with two attached hydrogens (primary N) is 1. The molecule has 0 radical (unpaired) electrons. The van der Waals surface area contributed by atoms with Crippen LogP contribution in [0.5, 0.6) is 0 Å². The number of nitrogens with zero attached hydrogens (tertiary/aromatic N) is 1. The van der Waals surface area contributed by atoms with E-state index in [-0.39, 0.29) is 11.9 Å². The Labute approximate surface area is 97.2 Å². The van der Waals surface area contributed by atoms with Crippen LogP contribution in [0.25, 0.3) is 0 Å². The molecule has 2 N–H and O–H groups in total. The van der Waals surface area contributed by atoms with Crippen LogP contribution in [0.15, 0.2) is 18.2 Å². The van der Waals surface area contributed by atoms with E-state index in [1.165, 1.54) is 0 Å². The van der Waals surface area contributed by atoms with Crippen molar-refractivity contribution in [1.29, 1.82) is 0 Å². The van der Waals surface area contributed by atoms with E-state index in [0.29, 0.717) is 11.3 Å². The van der Waals surface area contributed by atoms with E-state index in [9.17, 15) is 4.79 Å². The standard InChI is InChI=1S/C13H20N2O/c1-5-10(3)15(4)13(16)12-9(2)7-6-8-11(12)14/h6-8,10H,5,14H2,1-4H3. The van der Waals surface area contributed by atoms with Gasteiger partial charge in [-0.15, -0.1) is 0 Å². The monoisotopic (exact) mass is 220 g/mol. The summed E-state index contributed by atoms with van der Waals surface area (Å²) in [5, 5.41) is 0. The van der Waals surface area contributed by atoms with Crippen molar-refractivity contribution in [1.82, 2.24) is 4.90 Å². The number of carbonyl (C=O) groups is 1. The molecule has 1 amide bonds. The average Bonchev–Trinajstić information content (AvgIpc) is 2.26. The lowest BCUT2D eigenvalue weighted by molar-refractivity contribution is 0.0741. The first-order valence-electron chi connectivity index (χ1n) is 5.61. The van der Waals surface area contributed by atoms with Crippen molar-refractivity contribution < 1.29 is 4.79 Å². The van der Waals surface area contributed by atoms with Gasteiger partial charge in [-0.3, -0.25) is 4.79 Å². The summed E-state index contributed by atoms with van der Waals surface area (Å²) in [5.41, 5.74) is 7.97. The van der Waals surface area contributed by atoms with Crippen LogP contribution in [0, 0.1) is 6.92 Å². The second-order valence-electron chi connectivity index (χ2n) is 4.21. The third-order valence-electron chi connectivity index (χ3n) is 3.09. The molecule has 0 fully saturated rings. The molecule has 16 heavy (non-hydrogen) atoms. The maximum absolute atomic E-state index is 12.2. The van der Waals surface area contributed by atoms with Crippen molar-refractivity contribution >= 4 is 11.6 Å². The molecule has 0 aromatic heterocycles. The Morgan fingerprint density at radius 1 is 1.50 bits per heavy atom. The van der Waals surface area contributed by atoms with Gasteiger partial charge in [0, 0.05) is 18.8 Å². The van der Waals surface area contributed by atoms with Gasteiger partial charge < -0.3 is 10.6 Å². The normalized spacial score (nSPS) is 12.2. The SMILES string of the molecule is CCC(C)N(C)C(=O)c1c(C)cccc1N. The van der Waals surface area contributed by atoms with Crippen LogP contribution in [-0.2, 0) is 0 Å². The van der Waals surface area contributed by atoms with Gasteiger partial charge in [0.1, 0.15) is 0 Å². The number of hydrogen-bond donors (Lipinski definition) is 1. The first-order chi connectivity index (χ1) is 7.49. The lowest BCUT2D eigenvalue weighted by atomic mass is 10.0. The van der Waals surface area contributed by atoms with Crippen LogP contribution in [0.1, 0.15) is 36.2 Å². The number of nitrogen functional groups attached to an aromatic ring is 1. The van der Waals surface area contributed by atoms with Gasteiger partial charge in [0.15, 0.2) is 0 Å². The summed E-state index contributed by atoms with van der Waals surface area (Å²) in [6.45, 7) is 6.01. The lowest BCUT2D eigenvalue weighted by Crippen LogP contribution is -2.35. The molecule has 1 atom stereocenters. The van der Waals surface area contributed by atoms with Gasteiger partial charge >= 0.3 is 0 Å². The molecule has 3 nitrogen and oxygen atoms in total. The van der Waals surface area contributed by atoms with Gasteiger partial charge in [0.05, 0.1) is 5.56 Å². The maximum atomic E-state index is 12.2. The fourth-order valence-electron chi connectivity index (χ4n) is 1.63. The summed E-state index contributed by atoms with van der Waals surface area (Å²) < 4.78 is 0. The van der Waals surface area contributed by atoms with Crippen molar-refractivity contribution in [3.8, 4) is 0 Å². The van der Waals surface area contributed by atoms with Crippen LogP contribution in [0.3, 0.4) is 0 Å². The molecule has 1 unspecified atom stereocenters. The molecule has 0 saturated heterocycles. The molecule has 0 heterocycles. The van der Waals surface area contributed by atoms with Crippen LogP contribution >= 0.6 is 0 Å². The molecule has 0 aliphatic heterocycles. The second-order valence-corrected chi connectivity index (χ2v) is 4.21. The average molecular weight is 220 g/mol. The molecule has 1 aromatic rings. The fourth-order valence-corrected chi connectivity index (χ4v) is 1.63. The van der Waals surface area contributed by atoms with E-state index >= 15 is 0 Å². The molecule has 1 aromatic carbocycles. The van der Waals surface area contributed by atoms with E-state index in [1.807, 2.05) is 33.0 Å². The number of hydrogen-bond acceptors (Lipinski definition) is 2. The summed E-state index contributed by atoms with van der Waals surface area (Å²) in [6.07, 6.45) is 0.939. The smallest absolute Gasteiger partial charge is 0.256 e. The quantitative estimate of drug-likeness (QED) is 0.795. The fraction of sp³-hybridized carbons (Fsp3) is 0.462. The minimum Gasteiger partial charge on any atom is -0.398 e. The topological polar surface area (TPSA) is 46.3 Å². The highest BCUT2D eigenvalue weighted by molar-refractivity contribution is 6.00. The lowest BCUT2D eigenvalue weighted by Gasteiger charge is -2.25. The van der Waals surface area contributed by atoms with E-state index in [1.54, 1.807) is 11.0 Å². The first-order valence-corrected chi connectivity index (χ1v) is 5.61. The largest absolute Gasteiger partial charge is 0.398 e. The van der Waals surface area contributed by atoms with E-state index in [2.05, 4.69) is 6.92 Å². The predicted molar refractivity (Wildman–Crippen MR) is 67.4 cm³/mol. The summed E-state index contributed by atoms with van der Waals surface area (Å²) in [7, 11) is 1.82. The van der Waals surface area contributed by atoms with Crippen molar-refractivity contribution in [2.45, 2.75) is 33.2 Å². The number of amides is 1. The Kier molecular flexibility index (Phi) is 3.93. The Balaban J connectivity index is 3.05. The highest BCUT2D eigenvalue weighted by Crippen LogP contribution is 2.19. The molecule has 0 aliphatic rings. The van der Waals surface area contributed by atoms with Crippen molar-refractivity contribution in [2.24, 2.45) is 0 Å². The molecular formula is C13H20N2O. The van der Waals surface area contributed by atoms with E-state index in [0.717, 1.165) is 12.0 Å². The molecule has 88 valence electrons. The van der Waals surface area contributed by atoms with E-state index < -0.39 is 0 Å². The van der Waals surface area contributed by atoms with Crippen LogP contribution in [0.4, 0.5) is 5.69 Å². The van der Waals surface area contributed by atoms with Gasteiger partial charge in [-0.1, -0.05) is 19.1 Å². The summed E-state index contributed by atoms with van der Waals surface area (Å²) in [4.78, 5) is 14.0. The van der Waals surface area contributed by atoms with Crippen LogP contribution < -0.4 is 5.73 Å². The number of aryl methyl sites for hydroxylation is 1. The third-order valence-corrected chi connectivity index (χ3v) is 3.09. The van der Waals surface area contributed by atoms with E-state index in [4.69, 9.17) is 5.73 Å². The van der Waals surface area contributed by atoms with Crippen molar-refractivity contribution in [3.05, 3.63) is 29.3 Å². The summed E-state index contributed by atoms with van der Waals surface area (Å²) in [5.74, 6) is 0.00458. The molecule has 0 bridgehead atoms. The number of benzene rings is 1. The zero-order valence-electron chi connectivity index (χ0n) is 10.4. The molecule has 1 rings (SSSR count). The maximum Gasteiger partial charge on any atom is 0.256 e. The number of rotatable bonds is 3. The van der Waals surface area contributed by atoms with Crippen LogP contribution in [-0.4, -0.2) is 23.9 Å². The van der Waals surface area contributed by atoms with Gasteiger partial charge in [-0.05, 0) is 31.9 Å². The Morgan fingerprint density at radius 3 is 2.62 bits per heavy atom. The Bertz CT molecular complexity index is 367. The highest BCUT2D eigenvalue weighted by atomic mass is 16.2. The Morgan fingerprint density at radius 2 is 2.12 bits per heavy atom. The molecule has 3 heteroatoms. The zero-order valence-corrected chi connectivity index (χ0v) is 10.4. The second kappa shape index (κ2) is 5.01. The molecule has 0 spiro atoms. The highest BCUT2D eigenvalue weighted by Gasteiger charge is 2.19. The molecular weight excluding hydrogens is 200 g/mol. The minimum atomic E-state index is 0.00458. The zero-order chi connectivity index (χ0) is 12.3. The summed E-state index contributed by atoms with van der Waals surface area (Å²) >= 11 is 0. The number of carbonyl (C=O) groups excluding carboxylic acids is 1. The van der Waals surface area contributed by atoms with Crippen LogP contribution in [0.2, 0.25) is 0 Å². The Hall–Kier alpha value is -1.51. The number of anilines is 1. The van der Waals surface area contributed by atoms with Gasteiger partial charge in [0.25, 0.3) is 5.91 Å². The summed E-state index contributed by atoms with van der Waals surface area (Å²) in [6, 6.07) is 5.77. The first kappa shape index (κ1) is 12.6. The third kappa shape index (κ3) is 2.35. The molecule has 0 saturated carbocycles. The molecule has 0 aliphatic carbocycles. The van der Waals surface area contributed by atoms with Gasteiger partial charge in [-0.2, -0.15) is 0 Å². The predicted octanol–water partition coefficient (Wildman–Crippen LogP) is 2.45. The minimum absolute atomic E-state index is 0.00458. The van der Waals surface area contributed by atoms with Crippen molar-refractivity contribution in [2.75, 3.05) is 12.8 Å². The van der Waals surface area contributed by atoms with Crippen molar-refractivity contribution in [3.63, 3.8) is 0 Å². The van der Waals surface area contributed by atoms with Gasteiger partial charge in [-0.25, -0.2) is 0 Å².